The molecular formula is C8H15BrF3NO. The first kappa shape index (κ1) is 14.2. The summed E-state index contributed by atoms with van der Waals surface area (Å²) in [4.78, 5) is 1.92. The van der Waals surface area contributed by atoms with Gasteiger partial charge in [0.15, 0.2) is 0 Å². The van der Waals surface area contributed by atoms with Crippen molar-refractivity contribution in [2.45, 2.75) is 26.3 Å². The van der Waals surface area contributed by atoms with E-state index in [4.69, 9.17) is 0 Å². The third-order valence-corrected chi connectivity index (χ3v) is 2.10. The van der Waals surface area contributed by atoms with E-state index in [1.54, 1.807) is 0 Å². The van der Waals surface area contributed by atoms with Gasteiger partial charge in [-0.1, -0.05) is 15.9 Å². The quantitative estimate of drug-likeness (QED) is 0.692. The Balaban J connectivity index is 3.72. The van der Waals surface area contributed by atoms with E-state index >= 15 is 0 Å². The van der Waals surface area contributed by atoms with Crippen molar-refractivity contribution in [2.75, 3.05) is 25.0 Å². The van der Waals surface area contributed by atoms with Crippen LogP contribution in [0.2, 0.25) is 0 Å². The van der Waals surface area contributed by atoms with E-state index < -0.39 is 6.36 Å². The summed E-state index contributed by atoms with van der Waals surface area (Å²) in [6.07, 6.45) is -4.52. The molecule has 0 aromatic carbocycles. The molecule has 0 aliphatic carbocycles. The molecule has 0 unspecified atom stereocenters. The fourth-order valence-corrected chi connectivity index (χ4v) is 1.47. The van der Waals surface area contributed by atoms with Crippen molar-refractivity contribution in [3.8, 4) is 0 Å². The second kappa shape index (κ2) is 6.63. The molecular weight excluding hydrogens is 263 g/mol. The van der Waals surface area contributed by atoms with Crippen LogP contribution in [-0.4, -0.2) is 42.3 Å². The highest BCUT2D eigenvalue weighted by Crippen LogP contribution is 2.15. The van der Waals surface area contributed by atoms with Crippen LogP contribution in [0.15, 0.2) is 0 Å². The molecule has 6 heteroatoms. The standard InChI is InChI=1S/C8H15BrF3NO/c1-7(2)13(4-3-9)5-6-14-8(10,11)12/h7H,3-6H2,1-2H3. The highest BCUT2D eigenvalue weighted by atomic mass is 79.9. The van der Waals surface area contributed by atoms with Crippen molar-refractivity contribution >= 4 is 15.9 Å². The Morgan fingerprint density at radius 1 is 1.29 bits per heavy atom. The largest absolute Gasteiger partial charge is 0.522 e. The van der Waals surface area contributed by atoms with Crippen molar-refractivity contribution in [2.24, 2.45) is 0 Å². The number of rotatable bonds is 6. The Labute approximate surface area is 90.5 Å². The minimum Gasteiger partial charge on any atom is -0.298 e. The van der Waals surface area contributed by atoms with Crippen molar-refractivity contribution in [3.05, 3.63) is 0 Å². The molecule has 0 amide bonds. The Morgan fingerprint density at radius 3 is 2.21 bits per heavy atom. The number of ether oxygens (including phenoxy) is 1. The summed E-state index contributed by atoms with van der Waals surface area (Å²) in [7, 11) is 0. The normalized spacial score (nSPS) is 12.9. The number of hydrogen-bond donors (Lipinski definition) is 0. The summed E-state index contributed by atoms with van der Waals surface area (Å²) in [5.41, 5.74) is 0. The van der Waals surface area contributed by atoms with Gasteiger partial charge in [0, 0.05) is 24.5 Å². The third-order valence-electron chi connectivity index (χ3n) is 1.75. The monoisotopic (exact) mass is 277 g/mol. The van der Waals surface area contributed by atoms with Gasteiger partial charge >= 0.3 is 6.36 Å². The molecule has 0 bridgehead atoms. The van der Waals surface area contributed by atoms with Crippen LogP contribution in [0.4, 0.5) is 13.2 Å². The minimum atomic E-state index is -4.52. The minimum absolute atomic E-state index is 0.226. The summed E-state index contributed by atoms with van der Waals surface area (Å²) in [5, 5.41) is 0.747. The van der Waals surface area contributed by atoms with Crippen LogP contribution in [-0.2, 0) is 4.74 Å². The zero-order valence-corrected chi connectivity index (χ0v) is 9.86. The van der Waals surface area contributed by atoms with E-state index in [1.807, 2.05) is 18.7 Å². The lowest BCUT2D eigenvalue weighted by atomic mass is 10.3. The Hall–Kier alpha value is 0.190. The summed E-state index contributed by atoms with van der Waals surface area (Å²) >= 11 is 3.25. The molecule has 0 aromatic heterocycles. The molecule has 0 fully saturated rings. The summed E-state index contributed by atoms with van der Waals surface area (Å²) in [5.74, 6) is 0. The number of hydrogen-bond acceptors (Lipinski definition) is 2. The molecule has 2 nitrogen and oxygen atoms in total. The molecule has 0 spiro atoms. The van der Waals surface area contributed by atoms with Gasteiger partial charge in [0.25, 0.3) is 0 Å². The first-order valence-electron chi connectivity index (χ1n) is 4.37. The van der Waals surface area contributed by atoms with Crippen LogP contribution in [0, 0.1) is 0 Å². The van der Waals surface area contributed by atoms with E-state index in [0.29, 0.717) is 6.54 Å². The average molecular weight is 278 g/mol. The topological polar surface area (TPSA) is 12.5 Å². The summed E-state index contributed by atoms with van der Waals surface area (Å²) in [6, 6.07) is 0.226. The molecule has 86 valence electrons. The molecule has 0 aliphatic rings. The molecule has 0 atom stereocenters. The van der Waals surface area contributed by atoms with Crippen molar-refractivity contribution in [3.63, 3.8) is 0 Å². The van der Waals surface area contributed by atoms with Crippen molar-refractivity contribution in [1.29, 1.82) is 0 Å². The highest BCUT2D eigenvalue weighted by molar-refractivity contribution is 9.09. The first-order chi connectivity index (χ1) is 6.37. The predicted octanol–water partition coefficient (Wildman–Crippen LogP) is 2.63. The smallest absolute Gasteiger partial charge is 0.298 e. The van der Waals surface area contributed by atoms with Crippen LogP contribution in [0.5, 0.6) is 0 Å². The molecule has 0 heterocycles. The lowest BCUT2D eigenvalue weighted by Crippen LogP contribution is -2.36. The van der Waals surface area contributed by atoms with Crippen LogP contribution in [0.3, 0.4) is 0 Å². The van der Waals surface area contributed by atoms with E-state index in [2.05, 4.69) is 20.7 Å². The van der Waals surface area contributed by atoms with E-state index in [1.165, 1.54) is 0 Å². The van der Waals surface area contributed by atoms with Gasteiger partial charge in [0.05, 0.1) is 6.61 Å². The molecule has 0 radical (unpaired) electrons. The molecule has 0 aliphatic heterocycles. The fraction of sp³-hybridized carbons (Fsp3) is 1.00. The Kier molecular flexibility index (Phi) is 6.72. The second-order valence-corrected chi connectivity index (χ2v) is 3.91. The van der Waals surface area contributed by atoms with Gasteiger partial charge in [-0.2, -0.15) is 0 Å². The summed E-state index contributed by atoms with van der Waals surface area (Å²) < 4.78 is 38.6. The van der Waals surface area contributed by atoms with Gasteiger partial charge in [-0.3, -0.25) is 9.64 Å². The van der Waals surface area contributed by atoms with E-state index in [-0.39, 0.29) is 12.6 Å². The lowest BCUT2D eigenvalue weighted by molar-refractivity contribution is -0.325. The van der Waals surface area contributed by atoms with Crippen LogP contribution in [0.25, 0.3) is 0 Å². The van der Waals surface area contributed by atoms with E-state index in [9.17, 15) is 13.2 Å². The van der Waals surface area contributed by atoms with Gasteiger partial charge in [-0.25, -0.2) is 0 Å². The Morgan fingerprint density at radius 2 is 1.86 bits per heavy atom. The zero-order valence-electron chi connectivity index (χ0n) is 8.27. The predicted molar refractivity (Wildman–Crippen MR) is 52.5 cm³/mol. The second-order valence-electron chi connectivity index (χ2n) is 3.11. The maximum absolute atomic E-state index is 11.6. The number of nitrogens with zero attached hydrogens (tertiary/aromatic N) is 1. The van der Waals surface area contributed by atoms with Crippen LogP contribution >= 0.6 is 15.9 Å². The van der Waals surface area contributed by atoms with Gasteiger partial charge in [-0.15, -0.1) is 13.2 Å². The molecule has 14 heavy (non-hydrogen) atoms. The Bertz CT molecular complexity index is 152. The first-order valence-corrected chi connectivity index (χ1v) is 5.49. The van der Waals surface area contributed by atoms with Crippen molar-refractivity contribution < 1.29 is 17.9 Å². The van der Waals surface area contributed by atoms with Crippen LogP contribution < -0.4 is 0 Å². The lowest BCUT2D eigenvalue weighted by Gasteiger charge is -2.25. The molecule has 0 saturated heterocycles. The van der Waals surface area contributed by atoms with Gasteiger partial charge in [-0.05, 0) is 13.8 Å². The number of alkyl halides is 4. The van der Waals surface area contributed by atoms with Crippen LogP contribution in [0.1, 0.15) is 13.8 Å². The average Bonchev–Trinajstić information content (AvgIpc) is 2.00. The molecule has 0 aromatic rings. The maximum Gasteiger partial charge on any atom is 0.522 e. The van der Waals surface area contributed by atoms with Crippen molar-refractivity contribution in [1.82, 2.24) is 4.90 Å². The molecule has 0 saturated carbocycles. The SMILES string of the molecule is CC(C)N(CCBr)CCOC(F)(F)F. The molecule has 0 rings (SSSR count). The highest BCUT2D eigenvalue weighted by Gasteiger charge is 2.28. The zero-order chi connectivity index (χ0) is 11.2. The van der Waals surface area contributed by atoms with Gasteiger partial charge < -0.3 is 0 Å². The van der Waals surface area contributed by atoms with Gasteiger partial charge in [0.2, 0.25) is 0 Å². The maximum atomic E-state index is 11.6. The molecule has 0 N–H and O–H groups in total. The van der Waals surface area contributed by atoms with E-state index in [0.717, 1.165) is 11.9 Å². The van der Waals surface area contributed by atoms with Gasteiger partial charge in [0.1, 0.15) is 0 Å². The fourth-order valence-electron chi connectivity index (χ4n) is 1.02. The third kappa shape index (κ3) is 7.58. The number of halogens is 4. The summed E-state index contributed by atoms with van der Waals surface area (Å²) in [6.45, 7) is 4.59.